The van der Waals surface area contributed by atoms with Crippen molar-refractivity contribution in [1.82, 2.24) is 28.6 Å². The number of anilines is 2. The van der Waals surface area contributed by atoms with Crippen LogP contribution in [-0.2, 0) is 24.4 Å². The molecule has 4 aromatic heterocycles. The maximum atomic E-state index is 14.6. The molecule has 5 aromatic rings. The van der Waals surface area contributed by atoms with Crippen molar-refractivity contribution in [3.63, 3.8) is 0 Å². The molecule has 198 valence electrons. The predicted molar refractivity (Wildman–Crippen MR) is 143 cm³/mol. The third-order valence-electron chi connectivity index (χ3n) is 7.09. The van der Waals surface area contributed by atoms with Gasteiger partial charge in [-0.15, -0.1) is 0 Å². The lowest BCUT2D eigenvalue weighted by atomic mass is 10.2. The molecule has 1 aromatic carbocycles. The van der Waals surface area contributed by atoms with Crippen LogP contribution in [-0.4, -0.2) is 71.8 Å². The maximum Gasteiger partial charge on any atom is 0.330 e. The van der Waals surface area contributed by atoms with Gasteiger partial charge in [0.1, 0.15) is 17.0 Å². The van der Waals surface area contributed by atoms with Crippen molar-refractivity contribution in [2.24, 2.45) is 7.05 Å². The Labute approximate surface area is 219 Å². The van der Waals surface area contributed by atoms with Crippen LogP contribution in [0, 0.1) is 5.82 Å². The molecule has 0 radical (unpaired) electrons. The Balaban J connectivity index is 1.21. The third-order valence-corrected chi connectivity index (χ3v) is 8.01. The van der Waals surface area contributed by atoms with Crippen LogP contribution in [0.1, 0.15) is 0 Å². The molecule has 2 N–H and O–H groups in total. The van der Waals surface area contributed by atoms with Crippen LogP contribution in [0.15, 0.2) is 56.8 Å². The van der Waals surface area contributed by atoms with Crippen LogP contribution >= 0.6 is 0 Å². The molecule has 0 bridgehead atoms. The summed E-state index contributed by atoms with van der Waals surface area (Å²) in [6, 6.07) is 10.2. The highest BCUT2D eigenvalue weighted by molar-refractivity contribution is 7.84. The molecule has 1 aliphatic rings. The maximum absolute atomic E-state index is 14.6. The number of hydrogen-bond donors (Lipinski definition) is 1. The molecule has 0 amide bonds. The molecule has 38 heavy (non-hydrogen) atoms. The number of nitrogens with two attached hydrogens (primary N) is 1. The summed E-state index contributed by atoms with van der Waals surface area (Å²) in [5.74, 6) is 0.415. The summed E-state index contributed by atoms with van der Waals surface area (Å²) in [6.07, 6.45) is 3.11. The molecule has 5 heterocycles. The van der Waals surface area contributed by atoms with Gasteiger partial charge in [-0.3, -0.25) is 18.2 Å². The number of nitrogens with zero attached hydrogens (tertiary/aromatic N) is 7. The Hall–Kier alpha value is -3.97. The van der Waals surface area contributed by atoms with Crippen molar-refractivity contribution < 1.29 is 13.0 Å². The topological polar surface area (TPSA) is 120 Å². The van der Waals surface area contributed by atoms with Gasteiger partial charge in [-0.2, -0.15) is 14.6 Å². The molecule has 0 aliphatic carbocycles. The molecule has 6 rings (SSSR count). The van der Waals surface area contributed by atoms with E-state index >= 15 is 0 Å². The number of nitrogen functional groups attached to an aromatic ring is 1. The predicted octanol–water partition coefficient (Wildman–Crippen LogP) is 1.92. The van der Waals surface area contributed by atoms with Gasteiger partial charge in [0.05, 0.1) is 17.5 Å². The third kappa shape index (κ3) is 4.07. The first kappa shape index (κ1) is 24.4. The summed E-state index contributed by atoms with van der Waals surface area (Å²) >= 11 is 0. The van der Waals surface area contributed by atoms with E-state index in [4.69, 9.17) is 10.2 Å². The van der Waals surface area contributed by atoms with Gasteiger partial charge in [-0.1, -0.05) is 0 Å². The standard InChI is InChI=1S/C25H27FN8O3S/c1-30-22-20-15-18(21-4-3-13-37-21)29-34(20)24(27)28-23(22)33(25(30)35)12-9-31-7-10-32(11-8-31)19-6-5-16(38(2)36)14-17(19)26/h3-6,13-15H,7-12H2,1-2H3,(H2,27,28)/t38-/m0/s1. The van der Waals surface area contributed by atoms with E-state index in [0.717, 1.165) is 13.1 Å². The van der Waals surface area contributed by atoms with E-state index in [1.165, 1.54) is 16.8 Å². The van der Waals surface area contributed by atoms with E-state index in [9.17, 15) is 13.4 Å². The number of piperazine rings is 1. The second-order valence-corrected chi connectivity index (χ2v) is 10.7. The van der Waals surface area contributed by atoms with Crippen LogP contribution < -0.4 is 16.3 Å². The molecular weight excluding hydrogens is 511 g/mol. The number of hydrogen-bond acceptors (Lipinski definition) is 8. The molecule has 13 heteroatoms. The minimum Gasteiger partial charge on any atom is -0.463 e. The smallest absolute Gasteiger partial charge is 0.330 e. The molecule has 0 unspecified atom stereocenters. The Kier molecular flexibility index (Phi) is 6.03. The Bertz CT molecular complexity index is 1730. The van der Waals surface area contributed by atoms with Crippen LogP contribution in [0.4, 0.5) is 16.0 Å². The zero-order valence-corrected chi connectivity index (χ0v) is 21.8. The van der Waals surface area contributed by atoms with E-state index in [1.54, 1.807) is 40.6 Å². The van der Waals surface area contributed by atoms with Crippen LogP contribution in [0.2, 0.25) is 0 Å². The molecule has 0 spiro atoms. The Morgan fingerprint density at radius 2 is 1.92 bits per heavy atom. The van der Waals surface area contributed by atoms with Crippen LogP contribution in [0.3, 0.4) is 0 Å². The van der Waals surface area contributed by atoms with Gasteiger partial charge in [-0.05, 0) is 36.4 Å². The number of fused-ring (bicyclic) bond motifs is 3. The lowest BCUT2D eigenvalue weighted by Crippen LogP contribution is -2.47. The summed E-state index contributed by atoms with van der Waals surface area (Å²) in [5.41, 5.74) is 8.99. The highest BCUT2D eigenvalue weighted by atomic mass is 32.2. The monoisotopic (exact) mass is 538 g/mol. The average molecular weight is 539 g/mol. The van der Waals surface area contributed by atoms with E-state index < -0.39 is 10.8 Å². The minimum atomic E-state index is -1.22. The van der Waals surface area contributed by atoms with Gasteiger partial charge in [-0.25, -0.2) is 9.18 Å². The van der Waals surface area contributed by atoms with Crippen molar-refractivity contribution in [1.29, 1.82) is 0 Å². The van der Waals surface area contributed by atoms with Gasteiger partial charge in [0.15, 0.2) is 11.4 Å². The van der Waals surface area contributed by atoms with Gasteiger partial charge in [0.2, 0.25) is 5.95 Å². The molecule has 0 saturated carbocycles. The summed E-state index contributed by atoms with van der Waals surface area (Å²) in [7, 11) is 0.490. The first-order valence-corrected chi connectivity index (χ1v) is 13.8. The fourth-order valence-electron chi connectivity index (χ4n) is 5.05. The number of halogens is 1. The summed E-state index contributed by atoms with van der Waals surface area (Å²) < 4.78 is 36.5. The summed E-state index contributed by atoms with van der Waals surface area (Å²) in [6.45, 7) is 3.79. The number of aromatic nitrogens is 5. The van der Waals surface area contributed by atoms with E-state index in [0.29, 0.717) is 64.9 Å². The first-order chi connectivity index (χ1) is 18.3. The second kappa shape index (κ2) is 9.40. The second-order valence-electron chi connectivity index (χ2n) is 9.34. The average Bonchev–Trinajstić information content (AvgIpc) is 3.63. The first-order valence-electron chi connectivity index (χ1n) is 12.2. The van der Waals surface area contributed by atoms with Gasteiger partial charge >= 0.3 is 5.69 Å². The SMILES string of the molecule is Cn1c(=O)n(CCN2CCN(c3ccc([S@](C)=O)cc3F)CC2)c2nc(N)n3nc(-c4ccco4)cc3c21. The van der Waals surface area contributed by atoms with Gasteiger partial charge < -0.3 is 15.1 Å². The Morgan fingerprint density at radius 3 is 2.61 bits per heavy atom. The highest BCUT2D eigenvalue weighted by Crippen LogP contribution is 2.26. The minimum absolute atomic E-state index is 0.179. The van der Waals surface area contributed by atoms with Gasteiger partial charge in [0, 0.05) is 68.3 Å². The molecule has 1 aliphatic heterocycles. The normalized spacial score (nSPS) is 15.6. The fraction of sp³-hybridized carbons (Fsp3) is 0.320. The molecule has 1 atom stereocenters. The van der Waals surface area contributed by atoms with Crippen molar-refractivity contribution in [3.05, 3.63) is 59.0 Å². The van der Waals surface area contributed by atoms with Crippen LogP contribution in [0.25, 0.3) is 28.1 Å². The quantitative estimate of drug-likeness (QED) is 0.348. The molecular formula is C25H27FN8O3S. The van der Waals surface area contributed by atoms with Crippen molar-refractivity contribution in [2.75, 3.05) is 49.6 Å². The van der Waals surface area contributed by atoms with E-state index in [2.05, 4.69) is 15.0 Å². The number of benzene rings is 1. The lowest BCUT2D eigenvalue weighted by Gasteiger charge is -2.36. The number of aryl methyl sites for hydroxylation is 1. The molecule has 1 fully saturated rings. The summed E-state index contributed by atoms with van der Waals surface area (Å²) in [4.78, 5) is 22.4. The zero-order chi connectivity index (χ0) is 26.6. The largest absolute Gasteiger partial charge is 0.463 e. The van der Waals surface area contributed by atoms with Crippen LogP contribution in [0.5, 0.6) is 0 Å². The molecule has 1 saturated heterocycles. The van der Waals surface area contributed by atoms with Gasteiger partial charge in [0.25, 0.3) is 0 Å². The van der Waals surface area contributed by atoms with Crippen molar-refractivity contribution in [3.8, 4) is 11.5 Å². The van der Waals surface area contributed by atoms with Crippen molar-refractivity contribution in [2.45, 2.75) is 11.4 Å². The fourth-order valence-corrected chi connectivity index (χ4v) is 5.58. The summed E-state index contributed by atoms with van der Waals surface area (Å²) in [5, 5.41) is 4.51. The lowest BCUT2D eigenvalue weighted by molar-refractivity contribution is 0.247. The number of imidazole rings is 1. The Morgan fingerprint density at radius 1 is 1.13 bits per heavy atom. The van der Waals surface area contributed by atoms with E-state index in [-0.39, 0.29) is 17.5 Å². The number of furan rings is 1. The zero-order valence-electron chi connectivity index (χ0n) is 21.0. The van der Waals surface area contributed by atoms with Crippen molar-refractivity contribution >= 4 is 39.1 Å². The highest BCUT2D eigenvalue weighted by Gasteiger charge is 2.23. The van der Waals surface area contributed by atoms with E-state index in [1.807, 2.05) is 17.0 Å². The number of rotatable bonds is 6. The molecule has 11 nitrogen and oxygen atoms in total.